The van der Waals surface area contributed by atoms with Gasteiger partial charge in [-0.3, -0.25) is 9.88 Å². The first-order valence-electron chi connectivity index (χ1n) is 12.5. The summed E-state index contributed by atoms with van der Waals surface area (Å²) in [7, 11) is 1.62. The van der Waals surface area contributed by atoms with Crippen molar-refractivity contribution in [3.05, 3.63) is 54.4 Å². The molecule has 2 N–H and O–H groups in total. The number of benzene rings is 1. The number of aromatic nitrogens is 1. The zero-order valence-electron chi connectivity index (χ0n) is 20.7. The quantitative estimate of drug-likeness (QED) is 0.477. The summed E-state index contributed by atoms with van der Waals surface area (Å²) in [5.74, 6) is -0.374. The second kappa shape index (κ2) is 11.2. The molecule has 0 bridgehead atoms. The molecule has 0 radical (unpaired) electrons. The first kappa shape index (κ1) is 25.1. The van der Waals surface area contributed by atoms with Crippen molar-refractivity contribution in [3.8, 4) is 5.75 Å². The van der Waals surface area contributed by atoms with Crippen LogP contribution in [0, 0.1) is 5.92 Å². The van der Waals surface area contributed by atoms with E-state index in [-0.39, 0.29) is 5.92 Å². The molecule has 0 spiro atoms. The van der Waals surface area contributed by atoms with Crippen LogP contribution in [0.4, 0.5) is 5.69 Å². The number of piperazine rings is 1. The maximum absolute atomic E-state index is 13.4. The van der Waals surface area contributed by atoms with E-state index >= 15 is 0 Å². The third-order valence-electron chi connectivity index (χ3n) is 7.57. The average molecular weight is 481 g/mol. The summed E-state index contributed by atoms with van der Waals surface area (Å²) in [4.78, 5) is 35.0. The number of pyridine rings is 1. The molecule has 1 aromatic heterocycles. The monoisotopic (exact) mass is 480 g/mol. The van der Waals surface area contributed by atoms with E-state index in [2.05, 4.69) is 14.8 Å². The van der Waals surface area contributed by atoms with Gasteiger partial charge in [0.15, 0.2) is 0 Å². The maximum atomic E-state index is 13.4. The Kier molecular flexibility index (Phi) is 8.03. The maximum Gasteiger partial charge on any atom is 0.334 e. The lowest BCUT2D eigenvalue weighted by Crippen LogP contribution is -2.58. The number of rotatable bonds is 7. The molecular weight excluding hydrogens is 444 g/mol. The number of ether oxygens (including phenoxy) is 2. The summed E-state index contributed by atoms with van der Waals surface area (Å²) in [5, 5.41) is 0. The summed E-state index contributed by atoms with van der Waals surface area (Å²) in [5.41, 5.74) is 7.46. The third-order valence-corrected chi connectivity index (χ3v) is 7.57. The van der Waals surface area contributed by atoms with Crippen molar-refractivity contribution in [2.75, 3.05) is 38.2 Å². The van der Waals surface area contributed by atoms with Crippen LogP contribution < -0.4 is 15.4 Å². The summed E-state index contributed by atoms with van der Waals surface area (Å²) >= 11 is 0. The van der Waals surface area contributed by atoms with Gasteiger partial charge < -0.3 is 20.1 Å². The Morgan fingerprint density at radius 3 is 2.40 bits per heavy atom. The van der Waals surface area contributed by atoms with Gasteiger partial charge in [-0.15, -0.1) is 0 Å². The van der Waals surface area contributed by atoms with Crippen molar-refractivity contribution in [2.45, 2.75) is 50.6 Å². The van der Waals surface area contributed by atoms with Crippen LogP contribution in [0.15, 0.2) is 48.8 Å². The van der Waals surface area contributed by atoms with Crippen molar-refractivity contribution in [3.63, 3.8) is 0 Å². The van der Waals surface area contributed by atoms with Gasteiger partial charge in [0.1, 0.15) is 17.3 Å². The van der Waals surface area contributed by atoms with Crippen LogP contribution >= 0.6 is 0 Å². The van der Waals surface area contributed by atoms with Gasteiger partial charge in [0, 0.05) is 44.3 Å². The van der Waals surface area contributed by atoms with Crippen molar-refractivity contribution >= 4 is 17.6 Å². The molecule has 1 aliphatic heterocycles. The molecule has 8 heteroatoms. The highest BCUT2D eigenvalue weighted by Gasteiger charge is 2.44. The fourth-order valence-corrected chi connectivity index (χ4v) is 5.12. The topological polar surface area (TPSA) is 98.0 Å². The van der Waals surface area contributed by atoms with Crippen LogP contribution in [0.2, 0.25) is 0 Å². The van der Waals surface area contributed by atoms with Crippen LogP contribution in [-0.2, 0) is 20.7 Å². The van der Waals surface area contributed by atoms with Gasteiger partial charge in [0.25, 0.3) is 0 Å². The first-order chi connectivity index (χ1) is 16.9. The van der Waals surface area contributed by atoms with Gasteiger partial charge in [-0.25, -0.2) is 9.59 Å². The van der Waals surface area contributed by atoms with Gasteiger partial charge in [0.2, 0.25) is 0 Å². The Bertz CT molecular complexity index is 992. The van der Waals surface area contributed by atoms with Crippen molar-refractivity contribution in [1.82, 2.24) is 9.88 Å². The molecule has 1 aliphatic carbocycles. The fourth-order valence-electron chi connectivity index (χ4n) is 5.12. The Morgan fingerprint density at radius 1 is 1.09 bits per heavy atom. The zero-order chi connectivity index (χ0) is 24.8. The SMILES string of the molecule is COc1ccc(C[C@@H](C(=O)OC(=O)C2(N)CCCCC2C)N2CCN(c3ccncc3)CC2)cc1. The average Bonchev–Trinajstić information content (AvgIpc) is 2.90. The molecule has 35 heavy (non-hydrogen) atoms. The Hall–Kier alpha value is -2.97. The molecule has 2 fully saturated rings. The van der Waals surface area contributed by atoms with E-state index in [1.54, 1.807) is 19.5 Å². The predicted molar refractivity (Wildman–Crippen MR) is 134 cm³/mol. The minimum absolute atomic E-state index is 0.0134. The van der Waals surface area contributed by atoms with Gasteiger partial charge in [-0.2, -0.15) is 0 Å². The molecule has 1 saturated carbocycles. The van der Waals surface area contributed by atoms with Gasteiger partial charge in [0.05, 0.1) is 7.11 Å². The number of nitrogens with zero attached hydrogens (tertiary/aromatic N) is 3. The van der Waals surface area contributed by atoms with E-state index in [1.807, 2.05) is 43.3 Å². The largest absolute Gasteiger partial charge is 0.497 e. The number of carbonyl (C=O) groups is 2. The van der Waals surface area contributed by atoms with Crippen LogP contribution in [0.1, 0.15) is 38.2 Å². The van der Waals surface area contributed by atoms with E-state index in [4.69, 9.17) is 15.2 Å². The predicted octanol–water partition coefficient (Wildman–Crippen LogP) is 2.80. The molecule has 0 amide bonds. The van der Waals surface area contributed by atoms with Gasteiger partial charge in [-0.1, -0.05) is 31.9 Å². The lowest BCUT2D eigenvalue weighted by atomic mass is 9.74. The van der Waals surface area contributed by atoms with Crippen molar-refractivity contribution < 1.29 is 19.1 Å². The highest BCUT2D eigenvalue weighted by atomic mass is 16.6. The molecule has 2 heterocycles. The number of esters is 2. The lowest BCUT2D eigenvalue weighted by Gasteiger charge is -2.40. The number of nitrogens with two attached hydrogens (primary N) is 1. The minimum atomic E-state index is -1.10. The number of hydrogen-bond donors (Lipinski definition) is 1. The van der Waals surface area contributed by atoms with E-state index in [1.165, 1.54) is 0 Å². The lowest BCUT2D eigenvalue weighted by molar-refractivity contribution is -0.169. The Morgan fingerprint density at radius 2 is 1.77 bits per heavy atom. The van der Waals surface area contributed by atoms with E-state index < -0.39 is 23.5 Å². The molecule has 4 rings (SSSR count). The minimum Gasteiger partial charge on any atom is -0.497 e. The van der Waals surface area contributed by atoms with Crippen molar-refractivity contribution in [2.24, 2.45) is 11.7 Å². The van der Waals surface area contributed by atoms with E-state index in [0.29, 0.717) is 25.9 Å². The second-order valence-corrected chi connectivity index (χ2v) is 9.69. The molecular formula is C27H36N4O4. The second-order valence-electron chi connectivity index (χ2n) is 9.69. The van der Waals surface area contributed by atoms with E-state index in [0.717, 1.165) is 49.4 Å². The first-order valence-corrected chi connectivity index (χ1v) is 12.5. The fraction of sp³-hybridized carbons (Fsp3) is 0.519. The summed E-state index contributed by atoms with van der Waals surface area (Å²) in [6.45, 7) is 4.86. The van der Waals surface area contributed by atoms with Gasteiger partial charge >= 0.3 is 11.9 Å². The number of anilines is 1. The molecule has 1 saturated heterocycles. The van der Waals surface area contributed by atoms with Crippen LogP contribution in [-0.4, -0.2) is 66.7 Å². The molecule has 2 unspecified atom stereocenters. The smallest absolute Gasteiger partial charge is 0.334 e. The Labute approximate surface area is 207 Å². The van der Waals surface area contributed by atoms with Crippen LogP contribution in [0.3, 0.4) is 0 Å². The molecule has 3 atom stereocenters. The number of carbonyl (C=O) groups excluding carboxylic acids is 2. The summed E-state index contributed by atoms with van der Waals surface area (Å²) < 4.78 is 10.8. The molecule has 1 aromatic carbocycles. The van der Waals surface area contributed by atoms with Crippen molar-refractivity contribution in [1.29, 1.82) is 0 Å². The summed E-state index contributed by atoms with van der Waals surface area (Å²) in [6.07, 6.45) is 7.34. The number of methoxy groups -OCH3 is 1. The highest BCUT2D eigenvalue weighted by molar-refractivity contribution is 5.93. The Balaban J connectivity index is 1.48. The zero-order valence-corrected chi connectivity index (χ0v) is 20.7. The number of hydrogen-bond acceptors (Lipinski definition) is 8. The third kappa shape index (κ3) is 5.82. The molecule has 2 aromatic rings. The van der Waals surface area contributed by atoms with Crippen LogP contribution in [0.5, 0.6) is 5.75 Å². The standard InChI is InChI=1S/C27H36N4O4/c1-20-5-3-4-12-27(20,28)26(33)35-25(32)24(19-21-6-8-23(34-2)9-7-21)31-17-15-30(16-18-31)22-10-13-29-14-11-22/h6-11,13-14,20,24H,3-5,12,15-19,28H2,1-2H3/t20?,24-,27?/m0/s1. The van der Waals surface area contributed by atoms with E-state index in [9.17, 15) is 9.59 Å². The molecule has 2 aliphatic rings. The van der Waals surface area contributed by atoms with Gasteiger partial charge in [-0.05, 0) is 55.0 Å². The normalized spacial score (nSPS) is 24.0. The molecule has 8 nitrogen and oxygen atoms in total. The summed E-state index contributed by atoms with van der Waals surface area (Å²) in [6, 6.07) is 11.1. The molecule has 188 valence electrons. The highest BCUT2D eigenvalue weighted by Crippen LogP contribution is 2.33. The van der Waals surface area contributed by atoms with Crippen LogP contribution in [0.25, 0.3) is 0 Å².